The summed E-state index contributed by atoms with van der Waals surface area (Å²) in [7, 11) is -3.17. The van der Waals surface area contributed by atoms with Crippen LogP contribution in [-0.4, -0.2) is 8.07 Å². The summed E-state index contributed by atoms with van der Waals surface area (Å²) >= 11 is 3.72. The lowest BCUT2D eigenvalue weighted by Gasteiger charge is -2.39. The Morgan fingerprint density at radius 2 is 0.662 bits per heavy atom. The number of para-hydroxylation sites is 3. The molecule has 2 heterocycles. The first-order valence-corrected chi connectivity index (χ1v) is 25.7. The van der Waals surface area contributed by atoms with Crippen molar-refractivity contribution in [3.63, 3.8) is 0 Å². The summed E-state index contributed by atoms with van der Waals surface area (Å²) in [4.78, 5) is 4.93. The van der Waals surface area contributed by atoms with Gasteiger partial charge in [-0.1, -0.05) is 164 Å². The highest BCUT2D eigenvalue weighted by atomic mass is 32.1. The van der Waals surface area contributed by atoms with Gasteiger partial charge in [0.05, 0.1) is 0 Å². The molecule has 0 amide bonds. The largest absolute Gasteiger partial charge is 0.311 e. The zero-order chi connectivity index (χ0) is 43.2. The van der Waals surface area contributed by atoms with Crippen molar-refractivity contribution < 1.29 is 0 Å². The number of thiophene rings is 2. The van der Waals surface area contributed by atoms with Crippen LogP contribution >= 0.6 is 22.7 Å². The molecule has 2 aromatic heterocycles. The van der Waals surface area contributed by atoms with Crippen molar-refractivity contribution in [1.82, 2.24) is 0 Å². The molecule has 0 fully saturated rings. The summed E-state index contributed by atoms with van der Waals surface area (Å²) in [6.07, 6.45) is 0. The number of fused-ring (bicyclic) bond motifs is 6. The fraction of sp³-hybridized carbons (Fsp3) is 0. The van der Waals surface area contributed by atoms with Crippen LogP contribution in [0.5, 0.6) is 0 Å². The van der Waals surface area contributed by atoms with Crippen molar-refractivity contribution in [3.8, 4) is 0 Å². The number of nitrogens with zero attached hydrogens (tertiary/aromatic N) is 2. The Balaban J connectivity index is 1.13. The second-order valence-electron chi connectivity index (χ2n) is 16.4. The van der Waals surface area contributed by atoms with Gasteiger partial charge in [0.1, 0.15) is 0 Å². The van der Waals surface area contributed by atoms with Crippen LogP contribution in [-0.2, 0) is 0 Å². The highest BCUT2D eigenvalue weighted by Crippen LogP contribution is 2.42. The molecule has 0 aliphatic rings. The standard InChI is InChI=1S/C60H42N2S2Si/c1-5-20-43(21-6-1)61(46-36-38-58-53(41-46)51-30-13-16-33-56(51)63-58)45-24-19-29-50(40-45)65(48-25-9-3-10-26-48,49-27-11-4-12-28-49)60-35-18-15-32-55(60)62(44-22-7-2-8-23-44)47-37-39-59-54(42-47)52-31-14-17-34-57(52)64-59/h1-42H. The molecular formula is C60H42N2S2Si. The molecule has 0 spiro atoms. The third-order valence-corrected chi connectivity index (χ3v) is 19.9. The van der Waals surface area contributed by atoms with Gasteiger partial charge in [0.15, 0.2) is 8.07 Å². The maximum atomic E-state index is 2.50. The summed E-state index contributed by atoms with van der Waals surface area (Å²) in [5.74, 6) is 0. The van der Waals surface area contributed by atoms with Crippen LogP contribution < -0.4 is 30.5 Å². The van der Waals surface area contributed by atoms with E-state index in [4.69, 9.17) is 0 Å². The van der Waals surface area contributed by atoms with E-state index >= 15 is 0 Å². The zero-order valence-corrected chi connectivity index (χ0v) is 38.1. The Labute approximate surface area is 388 Å². The van der Waals surface area contributed by atoms with E-state index < -0.39 is 8.07 Å². The Bertz CT molecular complexity index is 3580. The zero-order valence-electron chi connectivity index (χ0n) is 35.5. The lowest BCUT2D eigenvalue weighted by Crippen LogP contribution is -2.75. The first-order valence-electron chi connectivity index (χ1n) is 22.1. The maximum Gasteiger partial charge on any atom is 0.181 e. The molecule has 0 aliphatic heterocycles. The van der Waals surface area contributed by atoms with E-state index in [1.165, 1.54) is 61.1 Å². The van der Waals surface area contributed by atoms with Gasteiger partial charge in [-0.25, -0.2) is 0 Å². The molecule has 0 radical (unpaired) electrons. The minimum atomic E-state index is -3.17. The third-order valence-electron chi connectivity index (χ3n) is 12.8. The predicted molar refractivity (Wildman–Crippen MR) is 285 cm³/mol. The average Bonchev–Trinajstić information content (AvgIpc) is 3.94. The van der Waals surface area contributed by atoms with Crippen molar-refractivity contribution in [2.45, 2.75) is 0 Å². The number of hydrogen-bond donors (Lipinski definition) is 0. The van der Waals surface area contributed by atoms with Crippen LogP contribution in [0, 0.1) is 0 Å². The van der Waals surface area contributed by atoms with Crippen LogP contribution in [0.25, 0.3) is 40.3 Å². The molecule has 65 heavy (non-hydrogen) atoms. The Morgan fingerprint density at radius 3 is 1.23 bits per heavy atom. The fourth-order valence-corrected chi connectivity index (χ4v) is 17.1. The third kappa shape index (κ3) is 6.75. The molecule has 5 heteroatoms. The van der Waals surface area contributed by atoms with Gasteiger partial charge in [-0.05, 0) is 112 Å². The molecule has 12 aromatic rings. The number of benzene rings is 10. The SMILES string of the molecule is c1ccc(N(c2cccc([Si](c3ccccc3)(c3ccccc3)c3ccccc3N(c3ccccc3)c3ccc4sc5ccccc5c4c3)c2)c2ccc3sc4ccccc4c3c2)cc1. The van der Waals surface area contributed by atoms with Gasteiger partial charge in [0.25, 0.3) is 0 Å². The van der Waals surface area contributed by atoms with E-state index in [1.807, 2.05) is 22.7 Å². The second kappa shape index (κ2) is 16.5. The number of hydrogen-bond acceptors (Lipinski definition) is 4. The molecule has 12 rings (SSSR count). The summed E-state index contributed by atoms with van der Waals surface area (Å²) in [5, 5.41) is 10.4. The van der Waals surface area contributed by atoms with Crippen molar-refractivity contribution in [1.29, 1.82) is 0 Å². The Morgan fingerprint density at radius 1 is 0.262 bits per heavy atom. The molecule has 10 aromatic carbocycles. The van der Waals surface area contributed by atoms with Crippen LogP contribution in [0.2, 0.25) is 0 Å². The van der Waals surface area contributed by atoms with E-state index in [2.05, 4.69) is 265 Å². The highest BCUT2D eigenvalue weighted by Gasteiger charge is 2.44. The summed E-state index contributed by atoms with van der Waals surface area (Å²) in [5.41, 5.74) is 6.76. The van der Waals surface area contributed by atoms with Crippen molar-refractivity contribution >= 4 is 126 Å². The normalized spacial score (nSPS) is 11.7. The minimum Gasteiger partial charge on any atom is -0.311 e. The molecule has 0 bridgehead atoms. The topological polar surface area (TPSA) is 6.48 Å². The second-order valence-corrected chi connectivity index (χ2v) is 22.4. The van der Waals surface area contributed by atoms with Gasteiger partial charge in [-0.2, -0.15) is 0 Å². The number of anilines is 6. The molecule has 0 saturated heterocycles. The Kier molecular flexibility index (Phi) is 9.94. The molecule has 0 N–H and O–H groups in total. The van der Waals surface area contributed by atoms with Crippen LogP contribution in [0.3, 0.4) is 0 Å². The average molecular weight is 883 g/mol. The highest BCUT2D eigenvalue weighted by molar-refractivity contribution is 7.26. The Hall–Kier alpha value is -7.54. The molecule has 308 valence electrons. The minimum absolute atomic E-state index is 1.11. The van der Waals surface area contributed by atoms with E-state index in [0.717, 1.165) is 34.1 Å². The van der Waals surface area contributed by atoms with Crippen molar-refractivity contribution in [2.75, 3.05) is 9.80 Å². The van der Waals surface area contributed by atoms with Crippen molar-refractivity contribution in [3.05, 3.63) is 255 Å². The fourth-order valence-electron chi connectivity index (χ4n) is 9.94. The van der Waals surface area contributed by atoms with E-state index in [-0.39, 0.29) is 0 Å². The lowest BCUT2D eigenvalue weighted by atomic mass is 10.1. The van der Waals surface area contributed by atoms with Gasteiger partial charge in [0, 0.05) is 74.5 Å². The predicted octanol–water partition coefficient (Wildman–Crippen LogP) is 14.7. The molecule has 0 unspecified atom stereocenters. The summed E-state index contributed by atoms with van der Waals surface area (Å²) in [6.45, 7) is 0. The van der Waals surface area contributed by atoms with Gasteiger partial charge in [-0.15, -0.1) is 22.7 Å². The smallest absolute Gasteiger partial charge is 0.181 e. The summed E-state index contributed by atoms with van der Waals surface area (Å²) < 4.78 is 5.20. The van der Waals surface area contributed by atoms with Gasteiger partial charge >= 0.3 is 0 Å². The monoisotopic (exact) mass is 882 g/mol. The van der Waals surface area contributed by atoms with E-state index in [0.29, 0.717) is 0 Å². The quantitative estimate of drug-likeness (QED) is 0.0997. The molecule has 0 aliphatic carbocycles. The van der Waals surface area contributed by atoms with Crippen LogP contribution in [0.15, 0.2) is 255 Å². The van der Waals surface area contributed by atoms with E-state index in [9.17, 15) is 0 Å². The lowest BCUT2D eigenvalue weighted by molar-refractivity contribution is 1.29. The van der Waals surface area contributed by atoms with Crippen LogP contribution in [0.1, 0.15) is 0 Å². The maximum absolute atomic E-state index is 3.17. The molecule has 2 nitrogen and oxygen atoms in total. The molecular weight excluding hydrogens is 841 g/mol. The van der Waals surface area contributed by atoms with Gasteiger partial charge in [0.2, 0.25) is 0 Å². The van der Waals surface area contributed by atoms with E-state index in [1.54, 1.807) is 0 Å². The van der Waals surface area contributed by atoms with Crippen LogP contribution in [0.4, 0.5) is 34.1 Å². The van der Waals surface area contributed by atoms with Gasteiger partial charge < -0.3 is 9.80 Å². The molecule has 0 atom stereocenters. The first kappa shape index (κ1) is 39.1. The molecule has 0 saturated carbocycles. The van der Waals surface area contributed by atoms with Crippen molar-refractivity contribution in [2.24, 2.45) is 0 Å². The van der Waals surface area contributed by atoms with Gasteiger partial charge in [-0.3, -0.25) is 0 Å². The summed E-state index contributed by atoms with van der Waals surface area (Å²) in [6, 6.07) is 94.5. The number of rotatable bonds is 10. The first-order chi connectivity index (χ1) is 32.2.